The maximum absolute atomic E-state index is 13.0. The second-order valence-corrected chi connectivity index (χ2v) is 6.54. The fourth-order valence-corrected chi connectivity index (χ4v) is 2.92. The third-order valence-corrected chi connectivity index (χ3v) is 4.52. The van der Waals surface area contributed by atoms with Crippen LogP contribution < -0.4 is 20.3 Å². The molecule has 30 heavy (non-hydrogen) atoms. The minimum atomic E-state index is -0.364. The first-order valence-corrected chi connectivity index (χ1v) is 9.30. The van der Waals surface area contributed by atoms with Crippen LogP contribution in [0.5, 0.6) is 11.5 Å². The van der Waals surface area contributed by atoms with Crippen LogP contribution in [0.3, 0.4) is 0 Å². The summed E-state index contributed by atoms with van der Waals surface area (Å²) in [5.41, 5.74) is 1.67. The highest BCUT2D eigenvalue weighted by atomic mass is 19.1. The van der Waals surface area contributed by atoms with Crippen molar-refractivity contribution in [3.05, 3.63) is 76.6 Å². The van der Waals surface area contributed by atoms with Crippen LogP contribution in [0.25, 0.3) is 11.3 Å². The van der Waals surface area contributed by atoms with E-state index in [0.29, 0.717) is 35.7 Å². The van der Waals surface area contributed by atoms with Gasteiger partial charge in [0.25, 0.3) is 5.56 Å². The Morgan fingerprint density at radius 1 is 1.07 bits per heavy atom. The summed E-state index contributed by atoms with van der Waals surface area (Å²) in [5, 5.41) is 2.79. The second-order valence-electron chi connectivity index (χ2n) is 6.54. The Bertz CT molecular complexity index is 1080. The molecule has 0 aliphatic carbocycles. The van der Waals surface area contributed by atoms with Crippen molar-refractivity contribution in [3.8, 4) is 22.8 Å². The fraction of sp³-hybridized carbons (Fsp3) is 0.227. The van der Waals surface area contributed by atoms with Gasteiger partial charge in [-0.15, -0.1) is 0 Å². The van der Waals surface area contributed by atoms with E-state index in [1.165, 1.54) is 29.1 Å². The van der Waals surface area contributed by atoms with Crippen LogP contribution in [-0.4, -0.2) is 36.2 Å². The molecule has 0 saturated heterocycles. The number of aromatic nitrogens is 2. The van der Waals surface area contributed by atoms with Crippen molar-refractivity contribution in [3.63, 3.8) is 0 Å². The van der Waals surface area contributed by atoms with Gasteiger partial charge in [0.1, 0.15) is 12.4 Å². The Kier molecular flexibility index (Phi) is 6.79. The Morgan fingerprint density at radius 2 is 1.80 bits per heavy atom. The van der Waals surface area contributed by atoms with Gasteiger partial charge in [0, 0.05) is 18.2 Å². The topological polar surface area (TPSA) is 82.5 Å². The zero-order valence-electron chi connectivity index (χ0n) is 16.7. The summed E-state index contributed by atoms with van der Waals surface area (Å²) in [4.78, 5) is 28.7. The molecule has 1 heterocycles. The molecule has 3 rings (SSSR count). The third kappa shape index (κ3) is 5.22. The number of hydrogen-bond donors (Lipinski definition) is 1. The summed E-state index contributed by atoms with van der Waals surface area (Å²) in [5.74, 6) is 0.604. The van der Waals surface area contributed by atoms with Crippen molar-refractivity contribution in [2.75, 3.05) is 20.8 Å². The van der Waals surface area contributed by atoms with Gasteiger partial charge in [-0.2, -0.15) is 0 Å². The van der Waals surface area contributed by atoms with Crippen molar-refractivity contribution in [1.29, 1.82) is 0 Å². The Morgan fingerprint density at radius 3 is 2.47 bits per heavy atom. The number of halogens is 1. The van der Waals surface area contributed by atoms with Gasteiger partial charge < -0.3 is 14.8 Å². The van der Waals surface area contributed by atoms with Gasteiger partial charge in [0.2, 0.25) is 5.91 Å². The summed E-state index contributed by atoms with van der Waals surface area (Å²) in [6, 6.07) is 12.6. The maximum atomic E-state index is 13.0. The molecule has 8 heteroatoms. The van der Waals surface area contributed by atoms with Crippen LogP contribution in [0.4, 0.5) is 4.39 Å². The van der Waals surface area contributed by atoms with E-state index >= 15 is 0 Å². The number of ether oxygens (including phenoxy) is 2. The molecule has 0 radical (unpaired) electrons. The van der Waals surface area contributed by atoms with Gasteiger partial charge in [-0.05, 0) is 48.4 Å². The Labute approximate surface area is 173 Å². The summed E-state index contributed by atoms with van der Waals surface area (Å²) in [6.07, 6.45) is 1.91. The van der Waals surface area contributed by atoms with E-state index in [4.69, 9.17) is 9.47 Å². The fourth-order valence-electron chi connectivity index (χ4n) is 2.92. The number of nitrogens with zero attached hydrogens (tertiary/aromatic N) is 2. The molecule has 0 spiro atoms. The minimum Gasteiger partial charge on any atom is -0.493 e. The lowest BCUT2D eigenvalue weighted by Crippen LogP contribution is -2.33. The van der Waals surface area contributed by atoms with Crippen LogP contribution in [0, 0.1) is 5.82 Å². The molecule has 0 fully saturated rings. The number of nitrogens with one attached hydrogen (secondary N) is 1. The Hall–Kier alpha value is -3.68. The number of benzene rings is 2. The molecule has 0 aliphatic heterocycles. The third-order valence-electron chi connectivity index (χ3n) is 4.52. The molecule has 0 atom stereocenters. The van der Waals surface area contributed by atoms with Crippen molar-refractivity contribution >= 4 is 5.91 Å². The first kappa shape index (κ1) is 21.0. The van der Waals surface area contributed by atoms with Crippen molar-refractivity contribution in [2.45, 2.75) is 13.0 Å². The summed E-state index contributed by atoms with van der Waals surface area (Å²) < 4.78 is 24.7. The first-order chi connectivity index (χ1) is 14.5. The summed E-state index contributed by atoms with van der Waals surface area (Å²) in [7, 11) is 3.14. The van der Waals surface area contributed by atoms with Crippen LogP contribution in [-0.2, 0) is 17.8 Å². The van der Waals surface area contributed by atoms with Gasteiger partial charge in [-0.25, -0.2) is 9.37 Å². The van der Waals surface area contributed by atoms with Gasteiger partial charge in [-0.1, -0.05) is 6.07 Å². The van der Waals surface area contributed by atoms with Crippen LogP contribution in [0.1, 0.15) is 5.56 Å². The average molecular weight is 411 g/mol. The molecule has 0 bridgehead atoms. The zero-order chi connectivity index (χ0) is 21.5. The Balaban J connectivity index is 1.56. The summed E-state index contributed by atoms with van der Waals surface area (Å²) >= 11 is 0. The zero-order valence-corrected chi connectivity index (χ0v) is 16.7. The van der Waals surface area contributed by atoms with Gasteiger partial charge in [-0.3, -0.25) is 14.2 Å². The highest BCUT2D eigenvalue weighted by Gasteiger charge is 2.08. The smallest absolute Gasteiger partial charge is 0.254 e. The molecule has 1 aromatic heterocycles. The first-order valence-electron chi connectivity index (χ1n) is 9.30. The average Bonchev–Trinajstić information content (AvgIpc) is 2.75. The molecule has 0 aliphatic rings. The molecule has 0 unspecified atom stereocenters. The maximum Gasteiger partial charge on any atom is 0.254 e. The van der Waals surface area contributed by atoms with E-state index in [0.717, 1.165) is 5.56 Å². The van der Waals surface area contributed by atoms with Crippen LogP contribution in [0.2, 0.25) is 0 Å². The molecule has 0 saturated carbocycles. The van der Waals surface area contributed by atoms with Crippen molar-refractivity contribution in [2.24, 2.45) is 0 Å². The molecule has 2 aromatic carbocycles. The quantitative estimate of drug-likeness (QED) is 0.616. The number of amides is 1. The van der Waals surface area contributed by atoms with E-state index in [1.807, 2.05) is 18.2 Å². The van der Waals surface area contributed by atoms with E-state index < -0.39 is 0 Å². The largest absolute Gasteiger partial charge is 0.493 e. The monoisotopic (exact) mass is 411 g/mol. The summed E-state index contributed by atoms with van der Waals surface area (Å²) in [6.45, 7) is 0.269. The number of rotatable bonds is 8. The molecule has 7 nitrogen and oxygen atoms in total. The standard InChI is InChI=1S/C22H22FN3O4/c1-29-19-8-3-15(11-20(19)30-2)9-10-24-21(27)13-26-14-25-18(12-22(26)28)16-4-6-17(23)7-5-16/h3-8,11-12,14H,9-10,13H2,1-2H3,(H,24,27). The molecule has 1 amide bonds. The van der Waals surface area contributed by atoms with E-state index in [2.05, 4.69) is 10.3 Å². The molecule has 156 valence electrons. The SMILES string of the molecule is COc1ccc(CCNC(=O)Cn2cnc(-c3ccc(F)cc3)cc2=O)cc1OC. The van der Waals surface area contributed by atoms with Gasteiger partial charge in [0.05, 0.1) is 26.2 Å². The molecule has 1 N–H and O–H groups in total. The highest BCUT2D eigenvalue weighted by molar-refractivity contribution is 5.75. The van der Waals surface area contributed by atoms with Crippen LogP contribution in [0.15, 0.2) is 59.7 Å². The number of hydrogen-bond acceptors (Lipinski definition) is 5. The normalized spacial score (nSPS) is 10.5. The predicted octanol–water partition coefficient (Wildman–Crippen LogP) is 2.43. The van der Waals surface area contributed by atoms with Crippen LogP contribution >= 0.6 is 0 Å². The lowest BCUT2D eigenvalue weighted by Gasteiger charge is -2.10. The van der Waals surface area contributed by atoms with Crippen molar-refractivity contribution in [1.82, 2.24) is 14.9 Å². The number of methoxy groups -OCH3 is 2. The minimum absolute atomic E-state index is 0.137. The number of carbonyl (C=O) groups is 1. The molecule has 3 aromatic rings. The second kappa shape index (κ2) is 9.69. The lowest BCUT2D eigenvalue weighted by atomic mass is 10.1. The highest BCUT2D eigenvalue weighted by Crippen LogP contribution is 2.27. The van der Waals surface area contributed by atoms with Gasteiger partial charge >= 0.3 is 0 Å². The van der Waals surface area contributed by atoms with E-state index in [9.17, 15) is 14.0 Å². The van der Waals surface area contributed by atoms with E-state index in [1.54, 1.807) is 26.4 Å². The molecular weight excluding hydrogens is 389 g/mol. The lowest BCUT2D eigenvalue weighted by molar-refractivity contribution is -0.121. The number of carbonyl (C=O) groups excluding carboxylic acids is 1. The van der Waals surface area contributed by atoms with Crippen molar-refractivity contribution < 1.29 is 18.7 Å². The predicted molar refractivity (Wildman–Crippen MR) is 110 cm³/mol. The van der Waals surface area contributed by atoms with E-state index in [-0.39, 0.29) is 23.8 Å². The molecular formula is C22H22FN3O4. The van der Waals surface area contributed by atoms with Gasteiger partial charge in [0.15, 0.2) is 11.5 Å².